The Morgan fingerprint density at radius 2 is 1.59 bits per heavy atom. The summed E-state index contributed by atoms with van der Waals surface area (Å²) in [7, 11) is -3.41. The van der Waals surface area contributed by atoms with Crippen molar-refractivity contribution in [2.45, 2.75) is 19.5 Å². The normalized spacial score (nSPS) is 19.7. The predicted molar refractivity (Wildman–Crippen MR) is 108 cm³/mol. The molecule has 0 bridgehead atoms. The van der Waals surface area contributed by atoms with E-state index in [0.717, 1.165) is 42.2 Å². The second-order valence-corrected chi connectivity index (χ2v) is 9.53. The highest BCUT2D eigenvalue weighted by molar-refractivity contribution is 7.86. The summed E-state index contributed by atoms with van der Waals surface area (Å²) in [5.74, 6) is 0. The zero-order valence-corrected chi connectivity index (χ0v) is 16.8. The maximum Gasteiger partial charge on any atom is 0.282 e. The van der Waals surface area contributed by atoms with E-state index in [2.05, 4.69) is 17.0 Å². The summed E-state index contributed by atoms with van der Waals surface area (Å²) in [6, 6.07) is 16.0. The van der Waals surface area contributed by atoms with Gasteiger partial charge in [-0.2, -0.15) is 17.0 Å². The molecule has 0 saturated carbocycles. The Balaban J connectivity index is 1.37. The summed E-state index contributed by atoms with van der Waals surface area (Å²) < 4.78 is 29.4. The van der Waals surface area contributed by atoms with Crippen LogP contribution in [0.5, 0.6) is 0 Å². The number of benzene rings is 2. The van der Waals surface area contributed by atoms with Gasteiger partial charge in [-0.25, -0.2) is 0 Å². The smallest absolute Gasteiger partial charge is 0.282 e. The van der Waals surface area contributed by atoms with E-state index in [1.807, 2.05) is 36.4 Å². The van der Waals surface area contributed by atoms with Crippen molar-refractivity contribution in [1.29, 1.82) is 0 Å². The van der Waals surface area contributed by atoms with Gasteiger partial charge in [-0.05, 0) is 35.2 Å². The van der Waals surface area contributed by atoms with E-state index < -0.39 is 10.2 Å². The molecular formula is C20H24ClN3O2S. The topological polar surface area (TPSA) is 43.9 Å². The van der Waals surface area contributed by atoms with E-state index in [-0.39, 0.29) is 0 Å². The van der Waals surface area contributed by atoms with Crippen molar-refractivity contribution >= 4 is 21.8 Å². The monoisotopic (exact) mass is 405 g/mol. The van der Waals surface area contributed by atoms with Crippen LogP contribution in [0.15, 0.2) is 48.5 Å². The van der Waals surface area contributed by atoms with Crippen LogP contribution in [0.1, 0.15) is 16.7 Å². The van der Waals surface area contributed by atoms with Crippen LogP contribution in [-0.4, -0.2) is 54.7 Å². The molecular weight excluding hydrogens is 382 g/mol. The van der Waals surface area contributed by atoms with Gasteiger partial charge in [0.25, 0.3) is 10.2 Å². The van der Waals surface area contributed by atoms with Crippen LogP contribution in [0.3, 0.4) is 0 Å². The molecule has 7 heteroatoms. The number of fused-ring (bicyclic) bond motifs is 1. The van der Waals surface area contributed by atoms with Crippen LogP contribution in [0, 0.1) is 0 Å². The van der Waals surface area contributed by atoms with Crippen LogP contribution in [0.2, 0.25) is 5.02 Å². The summed E-state index contributed by atoms with van der Waals surface area (Å²) in [5.41, 5.74) is 3.54. The molecule has 2 heterocycles. The van der Waals surface area contributed by atoms with E-state index in [4.69, 9.17) is 11.6 Å². The number of hydrogen-bond acceptors (Lipinski definition) is 3. The third kappa shape index (κ3) is 4.20. The third-order valence-corrected chi connectivity index (χ3v) is 7.59. The summed E-state index contributed by atoms with van der Waals surface area (Å²) in [6.45, 7) is 4.35. The molecule has 2 aliphatic rings. The minimum Gasteiger partial charge on any atom is -0.296 e. The molecule has 2 aromatic carbocycles. The van der Waals surface area contributed by atoms with E-state index in [1.54, 1.807) is 8.61 Å². The van der Waals surface area contributed by atoms with Gasteiger partial charge in [0, 0.05) is 50.8 Å². The Morgan fingerprint density at radius 3 is 2.33 bits per heavy atom. The van der Waals surface area contributed by atoms with Gasteiger partial charge in [-0.1, -0.05) is 48.0 Å². The van der Waals surface area contributed by atoms with Crippen LogP contribution >= 0.6 is 11.6 Å². The van der Waals surface area contributed by atoms with Gasteiger partial charge < -0.3 is 0 Å². The predicted octanol–water partition coefficient (Wildman–Crippen LogP) is 2.76. The standard InChI is InChI=1S/C20H24ClN3O2S/c21-20-7-3-4-17(14-20)15-22-10-12-23(13-11-22)27(25,26)24-9-8-18-5-1-2-6-19(18)16-24/h1-7,14H,8-13,15-16H2. The van der Waals surface area contributed by atoms with E-state index in [9.17, 15) is 8.42 Å². The average molecular weight is 406 g/mol. The van der Waals surface area contributed by atoms with Crippen molar-refractivity contribution < 1.29 is 8.42 Å². The van der Waals surface area contributed by atoms with E-state index in [0.29, 0.717) is 26.2 Å². The molecule has 0 radical (unpaired) electrons. The van der Waals surface area contributed by atoms with Crippen molar-refractivity contribution in [3.63, 3.8) is 0 Å². The lowest BCUT2D eigenvalue weighted by Crippen LogP contribution is -2.53. The van der Waals surface area contributed by atoms with Crippen molar-refractivity contribution in [1.82, 2.24) is 13.5 Å². The molecule has 27 heavy (non-hydrogen) atoms. The zero-order valence-electron chi connectivity index (χ0n) is 15.2. The third-order valence-electron chi connectivity index (χ3n) is 5.37. The van der Waals surface area contributed by atoms with Crippen molar-refractivity contribution in [3.8, 4) is 0 Å². The second-order valence-electron chi connectivity index (χ2n) is 7.17. The largest absolute Gasteiger partial charge is 0.296 e. The fourth-order valence-electron chi connectivity index (χ4n) is 3.84. The quantitative estimate of drug-likeness (QED) is 0.785. The van der Waals surface area contributed by atoms with Gasteiger partial charge in [0.15, 0.2) is 0 Å². The Morgan fingerprint density at radius 1 is 0.852 bits per heavy atom. The number of halogens is 1. The van der Waals surface area contributed by atoms with Gasteiger partial charge in [-0.15, -0.1) is 0 Å². The Bertz CT molecular complexity index is 911. The number of piperazine rings is 1. The summed E-state index contributed by atoms with van der Waals surface area (Å²) in [5, 5.41) is 0.735. The van der Waals surface area contributed by atoms with Crippen LogP contribution in [-0.2, 0) is 29.7 Å². The highest BCUT2D eigenvalue weighted by Crippen LogP contribution is 2.23. The molecule has 0 amide bonds. The molecule has 0 N–H and O–H groups in total. The molecule has 144 valence electrons. The van der Waals surface area contributed by atoms with Gasteiger partial charge in [0.1, 0.15) is 0 Å². The Kier molecular flexibility index (Phi) is 5.53. The molecule has 4 rings (SSSR count). The van der Waals surface area contributed by atoms with E-state index >= 15 is 0 Å². The summed E-state index contributed by atoms with van der Waals surface area (Å²) in [6.07, 6.45) is 0.782. The molecule has 1 saturated heterocycles. The molecule has 0 spiro atoms. The molecule has 0 aliphatic carbocycles. The minimum absolute atomic E-state index is 0.473. The van der Waals surface area contributed by atoms with Crippen LogP contribution in [0.25, 0.3) is 0 Å². The SMILES string of the molecule is O=S(=O)(N1CCN(Cc2cccc(Cl)c2)CC1)N1CCc2ccccc2C1. The van der Waals surface area contributed by atoms with Gasteiger partial charge in [0.2, 0.25) is 0 Å². The molecule has 1 fully saturated rings. The number of hydrogen-bond donors (Lipinski definition) is 0. The molecule has 0 unspecified atom stereocenters. The fraction of sp³-hybridized carbons (Fsp3) is 0.400. The maximum absolute atomic E-state index is 13.1. The fourth-order valence-corrected chi connectivity index (χ4v) is 5.63. The lowest BCUT2D eigenvalue weighted by atomic mass is 10.0. The van der Waals surface area contributed by atoms with Crippen molar-refractivity contribution in [2.24, 2.45) is 0 Å². The maximum atomic E-state index is 13.1. The Hall–Kier alpha value is -1.44. The molecule has 0 atom stereocenters. The molecule has 5 nitrogen and oxygen atoms in total. The summed E-state index contributed by atoms with van der Waals surface area (Å²) >= 11 is 6.06. The van der Waals surface area contributed by atoms with E-state index in [1.165, 1.54) is 5.56 Å². The molecule has 2 aliphatic heterocycles. The first-order valence-electron chi connectivity index (χ1n) is 9.31. The minimum atomic E-state index is -3.41. The average Bonchev–Trinajstić information content (AvgIpc) is 2.68. The van der Waals surface area contributed by atoms with Gasteiger partial charge in [0.05, 0.1) is 0 Å². The first kappa shape index (κ1) is 18.9. The highest BCUT2D eigenvalue weighted by atomic mass is 35.5. The van der Waals surface area contributed by atoms with Crippen LogP contribution < -0.4 is 0 Å². The first-order chi connectivity index (χ1) is 13.0. The van der Waals surface area contributed by atoms with Crippen molar-refractivity contribution in [3.05, 3.63) is 70.2 Å². The first-order valence-corrected chi connectivity index (χ1v) is 11.1. The number of rotatable bonds is 4. The number of nitrogens with zero attached hydrogens (tertiary/aromatic N) is 3. The Labute approximate surface area is 166 Å². The lowest BCUT2D eigenvalue weighted by molar-refractivity contribution is 0.173. The summed E-state index contributed by atoms with van der Waals surface area (Å²) in [4.78, 5) is 2.28. The second kappa shape index (κ2) is 7.89. The van der Waals surface area contributed by atoms with Crippen LogP contribution in [0.4, 0.5) is 0 Å². The van der Waals surface area contributed by atoms with Gasteiger partial charge >= 0.3 is 0 Å². The van der Waals surface area contributed by atoms with Crippen molar-refractivity contribution in [2.75, 3.05) is 32.7 Å². The van der Waals surface area contributed by atoms with Gasteiger partial charge in [-0.3, -0.25) is 4.90 Å². The molecule has 0 aromatic heterocycles. The lowest BCUT2D eigenvalue weighted by Gasteiger charge is -2.38. The molecule has 2 aromatic rings. The zero-order chi connectivity index (χ0) is 18.9. The highest BCUT2D eigenvalue weighted by Gasteiger charge is 2.34.